The van der Waals surface area contributed by atoms with Crippen LogP contribution in [0.2, 0.25) is 0 Å². The second kappa shape index (κ2) is 6.77. The lowest BCUT2D eigenvalue weighted by Crippen LogP contribution is -2.33. The second-order valence-electron chi connectivity index (χ2n) is 4.30. The zero-order chi connectivity index (χ0) is 14.4. The van der Waals surface area contributed by atoms with Crippen LogP contribution in [0.5, 0.6) is 0 Å². The number of carbonyl (C=O) groups excluding carboxylic acids is 1. The highest BCUT2D eigenvalue weighted by atomic mass is 19.1. The third kappa shape index (κ3) is 3.61. The van der Waals surface area contributed by atoms with Crippen molar-refractivity contribution in [2.24, 2.45) is 0 Å². The van der Waals surface area contributed by atoms with Gasteiger partial charge >= 0.3 is 0 Å². The Labute approximate surface area is 116 Å². The summed E-state index contributed by atoms with van der Waals surface area (Å²) >= 11 is 0. The molecule has 1 aromatic heterocycles. The van der Waals surface area contributed by atoms with Crippen molar-refractivity contribution >= 4 is 5.91 Å². The molecule has 104 valence electrons. The van der Waals surface area contributed by atoms with Gasteiger partial charge in [-0.25, -0.2) is 4.98 Å². The van der Waals surface area contributed by atoms with Crippen LogP contribution in [0.3, 0.4) is 0 Å². The molecule has 4 nitrogen and oxygen atoms in total. The average molecular weight is 274 g/mol. The Morgan fingerprint density at radius 3 is 2.65 bits per heavy atom. The number of aromatic nitrogens is 1. The van der Waals surface area contributed by atoms with E-state index in [0.717, 1.165) is 11.6 Å². The maximum absolute atomic E-state index is 13.1. The second-order valence-corrected chi connectivity index (χ2v) is 4.30. The number of hydrogen-bond acceptors (Lipinski definition) is 3. The van der Waals surface area contributed by atoms with Gasteiger partial charge in [-0.2, -0.15) is 4.39 Å². The maximum atomic E-state index is 13.1. The lowest BCUT2D eigenvalue weighted by molar-refractivity contribution is 0.0707. The summed E-state index contributed by atoms with van der Waals surface area (Å²) in [6.45, 7) is 0.411. The van der Waals surface area contributed by atoms with Crippen molar-refractivity contribution in [1.82, 2.24) is 9.88 Å². The molecule has 0 fully saturated rings. The monoisotopic (exact) mass is 274 g/mol. The Bertz CT molecular complexity index is 575. The minimum absolute atomic E-state index is 0.147. The topological polar surface area (TPSA) is 53.4 Å². The zero-order valence-corrected chi connectivity index (χ0v) is 10.9. The highest BCUT2D eigenvalue weighted by Gasteiger charge is 2.16. The SMILES string of the molecule is O=C(c1ccnc(F)c1)N(CCO)Cc1ccccc1. The Morgan fingerprint density at radius 2 is 2.00 bits per heavy atom. The quantitative estimate of drug-likeness (QED) is 0.847. The van der Waals surface area contributed by atoms with Crippen molar-refractivity contribution in [1.29, 1.82) is 0 Å². The predicted octanol–water partition coefficient (Wildman–Crippen LogP) is 1.86. The molecule has 1 heterocycles. The number of carbonyl (C=O) groups is 1. The summed E-state index contributed by atoms with van der Waals surface area (Å²) in [4.78, 5) is 17.2. The van der Waals surface area contributed by atoms with E-state index in [-0.39, 0.29) is 24.6 Å². The van der Waals surface area contributed by atoms with Crippen LogP contribution in [0.15, 0.2) is 48.7 Å². The largest absolute Gasteiger partial charge is 0.395 e. The van der Waals surface area contributed by atoms with E-state index < -0.39 is 5.95 Å². The van der Waals surface area contributed by atoms with Gasteiger partial charge in [0.25, 0.3) is 5.91 Å². The number of aliphatic hydroxyl groups excluding tert-OH is 1. The van der Waals surface area contributed by atoms with E-state index in [4.69, 9.17) is 5.11 Å². The standard InChI is InChI=1S/C15H15FN2O2/c16-14-10-13(6-7-17-14)15(20)18(8-9-19)11-12-4-2-1-3-5-12/h1-7,10,19H,8-9,11H2. The molecule has 1 amide bonds. The number of pyridine rings is 1. The number of benzene rings is 1. The van der Waals surface area contributed by atoms with Gasteiger partial charge in [0.15, 0.2) is 0 Å². The molecule has 1 N–H and O–H groups in total. The molecule has 2 aromatic rings. The lowest BCUT2D eigenvalue weighted by Gasteiger charge is -2.22. The van der Waals surface area contributed by atoms with Gasteiger partial charge < -0.3 is 10.0 Å². The van der Waals surface area contributed by atoms with Gasteiger partial charge in [-0.05, 0) is 11.6 Å². The fourth-order valence-corrected chi connectivity index (χ4v) is 1.89. The molecule has 0 unspecified atom stereocenters. The molecule has 0 saturated heterocycles. The molecule has 0 aliphatic heterocycles. The molecule has 0 aliphatic rings. The molecule has 0 radical (unpaired) electrons. The summed E-state index contributed by atoms with van der Waals surface area (Å²) in [5.41, 5.74) is 1.17. The molecular weight excluding hydrogens is 259 g/mol. The summed E-state index contributed by atoms with van der Waals surface area (Å²) < 4.78 is 13.1. The third-order valence-electron chi connectivity index (χ3n) is 2.85. The highest BCUT2D eigenvalue weighted by molar-refractivity contribution is 5.94. The molecule has 0 saturated carbocycles. The van der Waals surface area contributed by atoms with Crippen LogP contribution < -0.4 is 0 Å². The predicted molar refractivity (Wildman–Crippen MR) is 72.5 cm³/mol. The molecule has 0 bridgehead atoms. The van der Waals surface area contributed by atoms with Crippen molar-refractivity contribution in [3.8, 4) is 0 Å². The first-order valence-electron chi connectivity index (χ1n) is 6.26. The first-order valence-corrected chi connectivity index (χ1v) is 6.26. The smallest absolute Gasteiger partial charge is 0.254 e. The van der Waals surface area contributed by atoms with Gasteiger partial charge in [0.05, 0.1) is 6.61 Å². The van der Waals surface area contributed by atoms with Crippen LogP contribution in [0, 0.1) is 5.95 Å². The Hall–Kier alpha value is -2.27. The minimum atomic E-state index is -0.695. The molecule has 20 heavy (non-hydrogen) atoms. The normalized spacial score (nSPS) is 10.3. The Balaban J connectivity index is 2.18. The molecule has 0 aliphatic carbocycles. The van der Waals surface area contributed by atoms with Gasteiger partial charge in [-0.1, -0.05) is 30.3 Å². The summed E-state index contributed by atoms with van der Waals surface area (Å²) in [6.07, 6.45) is 1.25. The fourth-order valence-electron chi connectivity index (χ4n) is 1.89. The van der Waals surface area contributed by atoms with Crippen LogP contribution in [0.4, 0.5) is 4.39 Å². The van der Waals surface area contributed by atoms with E-state index in [1.54, 1.807) is 0 Å². The maximum Gasteiger partial charge on any atom is 0.254 e. The first-order chi connectivity index (χ1) is 9.70. The summed E-state index contributed by atoms with van der Waals surface area (Å²) in [6, 6.07) is 12.0. The Kier molecular flexibility index (Phi) is 4.79. The van der Waals surface area contributed by atoms with E-state index in [0.29, 0.717) is 6.54 Å². The molecule has 0 atom stereocenters. The number of hydrogen-bond donors (Lipinski definition) is 1. The van der Waals surface area contributed by atoms with Crippen LogP contribution in [-0.2, 0) is 6.54 Å². The van der Waals surface area contributed by atoms with Crippen LogP contribution in [-0.4, -0.2) is 34.0 Å². The van der Waals surface area contributed by atoms with Crippen LogP contribution in [0.1, 0.15) is 15.9 Å². The summed E-state index contributed by atoms with van der Waals surface area (Å²) in [7, 11) is 0. The average Bonchev–Trinajstić information content (AvgIpc) is 2.47. The third-order valence-corrected chi connectivity index (χ3v) is 2.85. The number of halogens is 1. The molecule has 2 rings (SSSR count). The van der Waals surface area contributed by atoms with Gasteiger partial charge in [-0.3, -0.25) is 4.79 Å². The van der Waals surface area contributed by atoms with E-state index in [1.807, 2.05) is 30.3 Å². The van der Waals surface area contributed by atoms with Crippen molar-refractivity contribution in [3.63, 3.8) is 0 Å². The molecular formula is C15H15FN2O2. The molecule has 0 spiro atoms. The van der Waals surface area contributed by atoms with Crippen molar-refractivity contribution in [2.75, 3.05) is 13.2 Å². The van der Waals surface area contributed by atoms with Crippen molar-refractivity contribution < 1.29 is 14.3 Å². The molecule has 5 heteroatoms. The van der Waals surface area contributed by atoms with Crippen LogP contribution in [0.25, 0.3) is 0 Å². The van der Waals surface area contributed by atoms with Gasteiger partial charge in [0, 0.05) is 30.9 Å². The first kappa shape index (κ1) is 14.1. The number of rotatable bonds is 5. The van der Waals surface area contributed by atoms with Gasteiger partial charge in [0.1, 0.15) is 0 Å². The number of amides is 1. The van der Waals surface area contributed by atoms with Gasteiger partial charge in [0.2, 0.25) is 5.95 Å². The highest BCUT2D eigenvalue weighted by Crippen LogP contribution is 2.10. The fraction of sp³-hybridized carbons (Fsp3) is 0.200. The summed E-state index contributed by atoms with van der Waals surface area (Å²) in [5, 5.41) is 9.08. The zero-order valence-electron chi connectivity index (χ0n) is 10.9. The van der Waals surface area contributed by atoms with E-state index in [1.165, 1.54) is 17.2 Å². The van der Waals surface area contributed by atoms with Crippen molar-refractivity contribution in [3.05, 3.63) is 65.7 Å². The molecule has 1 aromatic carbocycles. The van der Waals surface area contributed by atoms with Crippen LogP contribution >= 0.6 is 0 Å². The number of nitrogens with zero attached hydrogens (tertiary/aromatic N) is 2. The van der Waals surface area contributed by atoms with Crippen molar-refractivity contribution in [2.45, 2.75) is 6.54 Å². The van der Waals surface area contributed by atoms with E-state index >= 15 is 0 Å². The van der Waals surface area contributed by atoms with E-state index in [2.05, 4.69) is 4.98 Å². The van der Waals surface area contributed by atoms with Gasteiger partial charge in [-0.15, -0.1) is 0 Å². The number of aliphatic hydroxyl groups is 1. The summed E-state index contributed by atoms with van der Waals surface area (Å²) in [5.74, 6) is -1.02. The minimum Gasteiger partial charge on any atom is -0.395 e. The van der Waals surface area contributed by atoms with E-state index in [9.17, 15) is 9.18 Å². The Morgan fingerprint density at radius 1 is 1.25 bits per heavy atom. The lowest BCUT2D eigenvalue weighted by atomic mass is 10.2.